The molecule has 7 nitrogen and oxygen atoms in total. The van der Waals surface area contributed by atoms with Gasteiger partial charge in [-0.3, -0.25) is 0 Å². The van der Waals surface area contributed by atoms with E-state index in [-0.39, 0.29) is 29.2 Å². The number of esters is 2. The molecule has 1 heterocycles. The Balaban J connectivity index is 2.77. The van der Waals surface area contributed by atoms with E-state index in [0.29, 0.717) is 14.9 Å². The van der Waals surface area contributed by atoms with E-state index < -0.39 is 28.7 Å². The number of carboxylic acids is 1. The molecule has 1 atom stereocenters. The number of carbonyl (C=O) groups is 3. The van der Waals surface area contributed by atoms with Gasteiger partial charge in [-0.2, -0.15) is 0 Å². The number of carboxylic acid groups (broad SMARTS) is 1. The number of aromatic carboxylic acids is 1. The molecule has 0 aliphatic carbocycles. The minimum Gasteiger partial charge on any atom is -0.545 e. The number of carbonyl (C=O) groups excluding carboxylic acids is 3. The molecule has 0 aliphatic heterocycles. The summed E-state index contributed by atoms with van der Waals surface area (Å²) in [5.41, 5.74) is 0.639. The van der Waals surface area contributed by atoms with Crippen LogP contribution in [0, 0.1) is 0 Å². The Labute approximate surface area is 167 Å². The Morgan fingerprint density at radius 1 is 1.07 bits per heavy atom. The zero-order valence-electron chi connectivity index (χ0n) is 14.9. The van der Waals surface area contributed by atoms with E-state index in [4.69, 9.17) is 13.7 Å². The molecule has 0 bridgehead atoms. The highest BCUT2D eigenvalue weighted by molar-refractivity contribution is 9.10. The van der Waals surface area contributed by atoms with Crippen molar-refractivity contribution in [2.24, 2.45) is 0 Å². The highest BCUT2D eigenvalue weighted by Gasteiger charge is 2.43. The van der Waals surface area contributed by atoms with E-state index in [1.807, 2.05) is 0 Å². The number of ether oxygens (including phenoxy) is 2. The first-order chi connectivity index (χ1) is 12.9. The highest BCUT2D eigenvalue weighted by Crippen LogP contribution is 2.47. The van der Waals surface area contributed by atoms with Gasteiger partial charge in [0.15, 0.2) is 16.3 Å². The molecule has 1 aromatic heterocycles. The van der Waals surface area contributed by atoms with Crippen molar-refractivity contribution in [3.63, 3.8) is 0 Å². The van der Waals surface area contributed by atoms with Crippen molar-refractivity contribution in [2.75, 3.05) is 20.3 Å². The molecule has 2 aromatic rings. The smallest absolute Gasteiger partial charge is 0.395 e. The van der Waals surface area contributed by atoms with Gasteiger partial charge in [-0.1, -0.05) is 12.1 Å². The molecule has 0 radical (unpaired) electrons. The summed E-state index contributed by atoms with van der Waals surface area (Å²) in [6, 6.07) is 5.88. The van der Waals surface area contributed by atoms with Gasteiger partial charge < -0.3 is 19.4 Å². The molecule has 0 fully saturated rings. The Kier molecular flexibility index (Phi) is 7.11. The second-order valence-electron chi connectivity index (χ2n) is 5.10. The van der Waals surface area contributed by atoms with Crippen LogP contribution in [0.15, 0.2) is 28.7 Å². The zero-order chi connectivity index (χ0) is 20.1. The van der Waals surface area contributed by atoms with Gasteiger partial charge in [-0.25, -0.2) is 9.59 Å². The monoisotopic (exact) mass is 456 g/mol. The van der Waals surface area contributed by atoms with Crippen LogP contribution >= 0.6 is 26.7 Å². The fraction of sp³-hybridized carbons (Fsp3) is 0.278. The molecule has 2 rings (SSSR count). The minimum atomic E-state index is -1.30. The summed E-state index contributed by atoms with van der Waals surface area (Å²) in [7, 11) is 0.00290. The van der Waals surface area contributed by atoms with Gasteiger partial charge in [0, 0.05) is 5.56 Å². The maximum atomic E-state index is 12.5. The van der Waals surface area contributed by atoms with Crippen LogP contribution in [0.3, 0.4) is 0 Å². The number of hydrogen-bond acceptors (Lipinski definition) is 7. The summed E-state index contributed by atoms with van der Waals surface area (Å²) in [6.07, 6.45) is 0. The Bertz CT molecular complexity index is 871. The lowest BCUT2D eigenvalue weighted by Crippen LogP contribution is -2.21. The van der Waals surface area contributed by atoms with E-state index >= 15 is 0 Å². The number of rotatable bonds is 7. The van der Waals surface area contributed by atoms with Gasteiger partial charge in [0.05, 0.1) is 19.7 Å². The average molecular weight is 457 g/mol. The average Bonchev–Trinajstić information content (AvgIpc) is 2.93. The van der Waals surface area contributed by atoms with Crippen LogP contribution in [0.1, 0.15) is 44.2 Å². The van der Waals surface area contributed by atoms with Crippen LogP contribution in [0.5, 0.6) is 0 Å². The third-order valence-corrected chi connectivity index (χ3v) is 6.56. The van der Waals surface area contributed by atoms with Crippen LogP contribution in [0.4, 0.5) is 0 Å². The van der Waals surface area contributed by atoms with Crippen molar-refractivity contribution in [2.45, 2.75) is 13.8 Å². The third-order valence-electron chi connectivity index (χ3n) is 3.49. The van der Waals surface area contributed by atoms with Gasteiger partial charge in [0.2, 0.25) is 4.88 Å². The normalized spacial score (nSPS) is 11.2. The maximum Gasteiger partial charge on any atom is 0.395 e. The maximum absolute atomic E-state index is 12.5. The lowest BCUT2D eigenvalue weighted by molar-refractivity contribution is -0.255. The van der Waals surface area contributed by atoms with Gasteiger partial charge in [-0.15, -0.1) is 4.18 Å². The Hall–Kier alpha value is -2.23. The minimum absolute atomic E-state index is 0.0107. The predicted molar refractivity (Wildman–Crippen MR) is 101 cm³/mol. The summed E-state index contributed by atoms with van der Waals surface area (Å²) >= 11 is 3.39. The van der Waals surface area contributed by atoms with Gasteiger partial charge in [-0.05, 0) is 47.5 Å². The van der Waals surface area contributed by atoms with Gasteiger partial charge >= 0.3 is 16.8 Å². The molecule has 0 spiro atoms. The number of hydrogen-bond donors (Lipinski definition) is 0. The number of halogens is 1. The van der Waals surface area contributed by atoms with E-state index in [0.717, 1.165) is 0 Å². The summed E-state index contributed by atoms with van der Waals surface area (Å²) in [6.45, 7) is 3.83. The van der Waals surface area contributed by atoms with E-state index in [1.165, 1.54) is 19.2 Å². The molecule has 9 heteroatoms. The second kappa shape index (κ2) is 9.12. The van der Waals surface area contributed by atoms with Crippen molar-refractivity contribution in [3.05, 3.63) is 44.7 Å². The lowest BCUT2D eigenvalue weighted by atomic mass is 10.1. The summed E-state index contributed by atoms with van der Waals surface area (Å²) in [5, 5.41) is 11.0. The lowest BCUT2D eigenvalue weighted by Gasteiger charge is -2.03. The third kappa shape index (κ3) is 4.20. The SMILES string of the molecule is CCOC(=O)c1c(Br)c(-c2ccc(C(=O)[O-])cc2)[s+](OCC)c1C(=O)OC. The molecule has 27 heavy (non-hydrogen) atoms. The summed E-state index contributed by atoms with van der Waals surface area (Å²) in [4.78, 5) is 36.4. The molecule has 1 unspecified atom stereocenters. The molecule has 0 aliphatic rings. The van der Waals surface area contributed by atoms with Crippen LogP contribution in [-0.4, -0.2) is 38.2 Å². The second-order valence-corrected chi connectivity index (χ2v) is 7.48. The molecule has 0 saturated heterocycles. The first-order valence-corrected chi connectivity index (χ1v) is 9.90. The van der Waals surface area contributed by atoms with E-state index in [1.54, 1.807) is 26.0 Å². The van der Waals surface area contributed by atoms with E-state index in [2.05, 4.69) is 15.9 Å². The number of methoxy groups -OCH3 is 1. The topological polar surface area (TPSA) is 102 Å². The molecular formula is C18H17BrO7S. The van der Waals surface area contributed by atoms with E-state index in [9.17, 15) is 19.5 Å². The van der Waals surface area contributed by atoms with Crippen LogP contribution < -0.4 is 9.29 Å². The van der Waals surface area contributed by atoms with Crippen LogP contribution in [0.25, 0.3) is 10.4 Å². The van der Waals surface area contributed by atoms with Crippen molar-refractivity contribution in [1.29, 1.82) is 0 Å². The molecule has 0 amide bonds. The largest absolute Gasteiger partial charge is 0.545 e. The quantitative estimate of drug-likeness (QED) is 0.465. The summed E-state index contributed by atoms with van der Waals surface area (Å²) in [5.74, 6) is -2.68. The van der Waals surface area contributed by atoms with Gasteiger partial charge in [0.25, 0.3) is 0 Å². The Morgan fingerprint density at radius 2 is 1.70 bits per heavy atom. The molecule has 0 N–H and O–H groups in total. The van der Waals surface area contributed by atoms with Gasteiger partial charge in [0.1, 0.15) is 11.1 Å². The molecule has 1 aromatic carbocycles. The molecular weight excluding hydrogens is 440 g/mol. The fourth-order valence-corrected chi connectivity index (χ4v) is 5.43. The first kappa shape index (κ1) is 21.1. The Morgan fingerprint density at radius 3 is 2.19 bits per heavy atom. The first-order valence-electron chi connectivity index (χ1n) is 7.96. The highest BCUT2D eigenvalue weighted by atomic mass is 79.9. The number of thiophene rings is 1. The van der Waals surface area contributed by atoms with Crippen LogP contribution in [0.2, 0.25) is 0 Å². The fourth-order valence-electron chi connectivity index (χ4n) is 2.37. The molecule has 144 valence electrons. The van der Waals surface area contributed by atoms with Crippen molar-refractivity contribution in [1.82, 2.24) is 0 Å². The molecule has 0 saturated carbocycles. The standard InChI is InChI=1S/C18H17BrO7S/c1-4-25-17(22)12-13(19)14(10-6-8-11(9-7-10)16(20)21)27(26-5-2)15(12)18(23)24-3/h6-9H,4-5H2,1-3H3. The number of benzene rings is 1. The van der Waals surface area contributed by atoms with Crippen molar-refractivity contribution in [3.8, 4) is 10.4 Å². The predicted octanol–water partition coefficient (Wildman–Crippen LogP) is 2.64. The van der Waals surface area contributed by atoms with Crippen molar-refractivity contribution >= 4 is 44.6 Å². The van der Waals surface area contributed by atoms with Crippen molar-refractivity contribution < 1.29 is 33.1 Å². The summed E-state index contributed by atoms with van der Waals surface area (Å²) < 4.78 is 16.0. The van der Waals surface area contributed by atoms with Crippen LogP contribution in [-0.2, 0) is 9.47 Å². The zero-order valence-corrected chi connectivity index (χ0v) is 17.3.